The molecule has 5 nitrogen and oxygen atoms in total. The van der Waals surface area contributed by atoms with Crippen molar-refractivity contribution in [1.29, 1.82) is 0 Å². The van der Waals surface area contributed by atoms with Crippen molar-refractivity contribution in [3.63, 3.8) is 0 Å². The van der Waals surface area contributed by atoms with E-state index in [4.69, 9.17) is 0 Å². The average Bonchev–Trinajstić information content (AvgIpc) is 3.32. The molecule has 1 N–H and O–H groups in total. The van der Waals surface area contributed by atoms with Crippen LogP contribution in [0.5, 0.6) is 0 Å². The molecule has 0 aliphatic carbocycles. The number of nitrogens with zero attached hydrogens (tertiary/aromatic N) is 1. The van der Waals surface area contributed by atoms with E-state index in [9.17, 15) is 17.6 Å². The molecule has 0 unspecified atom stereocenters. The second-order valence-corrected chi connectivity index (χ2v) is 10.8. The van der Waals surface area contributed by atoms with Gasteiger partial charge in [0.05, 0.1) is 5.69 Å². The molecule has 0 fully saturated rings. The molecule has 1 amide bonds. The van der Waals surface area contributed by atoms with Gasteiger partial charge in [-0.1, -0.05) is 36.4 Å². The lowest BCUT2D eigenvalue weighted by Crippen LogP contribution is -2.41. The summed E-state index contributed by atoms with van der Waals surface area (Å²) in [6.07, 6.45) is 0.775. The predicted molar refractivity (Wildman–Crippen MR) is 125 cm³/mol. The summed E-state index contributed by atoms with van der Waals surface area (Å²) in [5.41, 5.74) is 1.49. The van der Waals surface area contributed by atoms with Crippen molar-refractivity contribution in [2.75, 3.05) is 23.1 Å². The minimum atomic E-state index is -3.92. The van der Waals surface area contributed by atoms with Gasteiger partial charge >= 0.3 is 0 Å². The highest BCUT2D eigenvalue weighted by Crippen LogP contribution is 2.26. The maximum atomic E-state index is 13.3. The molecule has 0 aliphatic heterocycles. The molecule has 0 radical (unpaired) electrons. The molecular weight excluding hydrogens is 455 g/mol. The molecule has 164 valence electrons. The standard InChI is InChI=1S/C22H23FN2O3S3/c23-19-9-11-20(12-10-19)25(31(27,28)22-8-4-15-30-22)16-21(26)24-13-5-14-29-17-18-6-2-1-3-7-18/h1-4,6-12,15H,5,13-14,16-17H2,(H,24,26). The molecule has 0 atom stereocenters. The Balaban J connectivity index is 1.54. The van der Waals surface area contributed by atoms with Gasteiger partial charge in [0.15, 0.2) is 0 Å². The molecule has 1 aromatic heterocycles. The van der Waals surface area contributed by atoms with E-state index in [1.165, 1.54) is 35.9 Å². The SMILES string of the molecule is O=C(CN(c1ccc(F)cc1)S(=O)(=O)c1cccs1)NCCCSCc1ccccc1. The molecule has 1 heterocycles. The fourth-order valence-corrected chi connectivity index (χ4v) is 6.24. The van der Waals surface area contributed by atoms with Crippen LogP contribution in [0.15, 0.2) is 76.3 Å². The maximum Gasteiger partial charge on any atom is 0.274 e. The van der Waals surface area contributed by atoms with Crippen LogP contribution in [-0.2, 0) is 20.6 Å². The van der Waals surface area contributed by atoms with E-state index in [0.717, 1.165) is 33.6 Å². The number of carbonyl (C=O) groups is 1. The first-order chi connectivity index (χ1) is 15.0. The van der Waals surface area contributed by atoms with E-state index in [1.807, 2.05) is 18.2 Å². The number of benzene rings is 2. The van der Waals surface area contributed by atoms with E-state index >= 15 is 0 Å². The Morgan fingerprint density at radius 1 is 1.03 bits per heavy atom. The number of carbonyl (C=O) groups excluding carboxylic acids is 1. The Labute approximate surface area is 190 Å². The summed E-state index contributed by atoms with van der Waals surface area (Å²) in [4.78, 5) is 12.5. The fourth-order valence-electron chi connectivity index (χ4n) is 2.79. The van der Waals surface area contributed by atoms with Gasteiger partial charge in [0.1, 0.15) is 16.6 Å². The monoisotopic (exact) mass is 478 g/mol. The summed E-state index contributed by atoms with van der Waals surface area (Å²) in [6.45, 7) is 0.0833. The number of hydrogen-bond donors (Lipinski definition) is 1. The summed E-state index contributed by atoms with van der Waals surface area (Å²) in [7, 11) is -3.92. The largest absolute Gasteiger partial charge is 0.354 e. The van der Waals surface area contributed by atoms with Crippen molar-refractivity contribution < 1.29 is 17.6 Å². The number of amides is 1. The average molecular weight is 479 g/mol. The van der Waals surface area contributed by atoms with Crippen LogP contribution >= 0.6 is 23.1 Å². The van der Waals surface area contributed by atoms with Crippen LogP contribution in [0.2, 0.25) is 0 Å². The van der Waals surface area contributed by atoms with Crippen LogP contribution in [0.4, 0.5) is 10.1 Å². The van der Waals surface area contributed by atoms with Crippen molar-refractivity contribution in [3.05, 3.63) is 83.5 Å². The van der Waals surface area contributed by atoms with Gasteiger partial charge in [0, 0.05) is 12.3 Å². The second-order valence-electron chi connectivity index (χ2n) is 6.66. The molecular formula is C22H23FN2O3S3. The van der Waals surface area contributed by atoms with E-state index in [0.29, 0.717) is 6.54 Å². The van der Waals surface area contributed by atoms with Gasteiger partial charge in [0.25, 0.3) is 10.0 Å². The quantitative estimate of drug-likeness (QED) is 0.412. The van der Waals surface area contributed by atoms with Crippen LogP contribution in [0.1, 0.15) is 12.0 Å². The third kappa shape index (κ3) is 6.81. The number of rotatable bonds is 11. The second kappa shape index (κ2) is 11.3. The lowest BCUT2D eigenvalue weighted by Gasteiger charge is -2.23. The van der Waals surface area contributed by atoms with Crippen LogP contribution in [0.3, 0.4) is 0 Å². The van der Waals surface area contributed by atoms with Crippen molar-refractivity contribution in [2.45, 2.75) is 16.4 Å². The molecule has 3 aromatic rings. The summed E-state index contributed by atoms with van der Waals surface area (Å²) < 4.78 is 40.5. The molecule has 9 heteroatoms. The lowest BCUT2D eigenvalue weighted by molar-refractivity contribution is -0.119. The molecule has 31 heavy (non-hydrogen) atoms. The highest BCUT2D eigenvalue weighted by molar-refractivity contribution is 7.98. The van der Waals surface area contributed by atoms with Crippen molar-refractivity contribution in [1.82, 2.24) is 5.32 Å². The van der Waals surface area contributed by atoms with Crippen LogP contribution in [0, 0.1) is 5.82 Å². The van der Waals surface area contributed by atoms with Gasteiger partial charge in [-0.05, 0) is 53.4 Å². The van der Waals surface area contributed by atoms with Crippen molar-refractivity contribution in [3.8, 4) is 0 Å². The predicted octanol–water partition coefficient (Wildman–Crippen LogP) is 4.52. The third-order valence-corrected chi connectivity index (χ3v) is 8.60. The first kappa shape index (κ1) is 23.3. The minimum Gasteiger partial charge on any atom is -0.354 e. The Bertz CT molecular complexity index is 1060. The van der Waals surface area contributed by atoms with Crippen LogP contribution in [0.25, 0.3) is 0 Å². The molecule has 0 aliphatic rings. The van der Waals surface area contributed by atoms with Crippen molar-refractivity contribution >= 4 is 44.7 Å². The number of thiophene rings is 1. The molecule has 3 rings (SSSR count). The van der Waals surface area contributed by atoms with E-state index in [2.05, 4.69) is 17.4 Å². The van der Waals surface area contributed by atoms with E-state index < -0.39 is 21.7 Å². The number of halogens is 1. The Morgan fingerprint density at radius 3 is 2.45 bits per heavy atom. The van der Waals surface area contributed by atoms with Gasteiger partial charge in [-0.15, -0.1) is 11.3 Å². The van der Waals surface area contributed by atoms with E-state index in [-0.39, 0.29) is 16.4 Å². The summed E-state index contributed by atoms with van der Waals surface area (Å²) in [5, 5.41) is 4.44. The number of hydrogen-bond acceptors (Lipinski definition) is 5. The van der Waals surface area contributed by atoms with Crippen molar-refractivity contribution in [2.24, 2.45) is 0 Å². The van der Waals surface area contributed by atoms with E-state index in [1.54, 1.807) is 23.2 Å². The smallest absolute Gasteiger partial charge is 0.274 e. The highest BCUT2D eigenvalue weighted by atomic mass is 32.2. The van der Waals surface area contributed by atoms with Gasteiger partial charge in [-0.3, -0.25) is 9.10 Å². The maximum absolute atomic E-state index is 13.3. The summed E-state index contributed by atoms with van der Waals surface area (Å²) in [5.74, 6) is 0.906. The highest BCUT2D eigenvalue weighted by Gasteiger charge is 2.28. The lowest BCUT2D eigenvalue weighted by atomic mass is 10.2. The number of sulfonamides is 1. The molecule has 0 spiro atoms. The minimum absolute atomic E-state index is 0.127. The summed E-state index contributed by atoms with van der Waals surface area (Å²) >= 11 is 2.85. The Morgan fingerprint density at radius 2 is 1.77 bits per heavy atom. The van der Waals surface area contributed by atoms with Gasteiger partial charge < -0.3 is 5.32 Å². The van der Waals surface area contributed by atoms with Crippen LogP contribution in [-0.4, -0.2) is 33.2 Å². The molecule has 0 saturated carbocycles. The Hall–Kier alpha value is -2.36. The third-order valence-electron chi connectivity index (χ3n) is 4.34. The molecule has 2 aromatic carbocycles. The van der Waals surface area contributed by atoms with Crippen LogP contribution < -0.4 is 9.62 Å². The number of thioether (sulfide) groups is 1. The zero-order valence-corrected chi connectivity index (χ0v) is 19.2. The summed E-state index contributed by atoms with van der Waals surface area (Å²) in [6, 6.07) is 18.3. The number of nitrogens with one attached hydrogen (secondary N) is 1. The number of anilines is 1. The Kier molecular flexibility index (Phi) is 8.51. The van der Waals surface area contributed by atoms with Gasteiger partial charge in [-0.25, -0.2) is 12.8 Å². The molecule has 0 saturated heterocycles. The zero-order chi connectivity index (χ0) is 22.1. The zero-order valence-electron chi connectivity index (χ0n) is 16.7. The first-order valence-electron chi connectivity index (χ1n) is 9.67. The molecule has 0 bridgehead atoms. The van der Waals surface area contributed by atoms with Gasteiger partial charge in [0.2, 0.25) is 5.91 Å². The first-order valence-corrected chi connectivity index (χ1v) is 13.1. The van der Waals surface area contributed by atoms with Gasteiger partial charge in [-0.2, -0.15) is 11.8 Å². The topological polar surface area (TPSA) is 66.5 Å². The normalized spacial score (nSPS) is 11.3. The fraction of sp³-hybridized carbons (Fsp3) is 0.227.